The summed E-state index contributed by atoms with van der Waals surface area (Å²) < 4.78 is 0. The largest absolute Gasteiger partial charge is 0.393 e. The Balaban J connectivity index is 1.71. The topological polar surface area (TPSA) is 80.9 Å². The highest BCUT2D eigenvalue weighted by atomic mass is 16.3. The van der Waals surface area contributed by atoms with Crippen molar-refractivity contribution in [1.82, 2.24) is 0 Å². The quantitative estimate of drug-likeness (QED) is 0.491. The van der Waals surface area contributed by atoms with Crippen LogP contribution in [0.3, 0.4) is 0 Å². The van der Waals surface area contributed by atoms with Gasteiger partial charge in [-0.1, -0.05) is 38.2 Å². The summed E-state index contributed by atoms with van der Waals surface area (Å²) in [6, 6.07) is 0. The normalized spacial score (nSPS) is 39.0. The van der Waals surface area contributed by atoms with Crippen molar-refractivity contribution in [3.63, 3.8) is 0 Å². The van der Waals surface area contributed by atoms with Gasteiger partial charge in [0.1, 0.15) is 0 Å². The Kier molecular flexibility index (Phi) is 7.57. The maximum atomic E-state index is 10.3. The molecule has 0 spiro atoms. The van der Waals surface area contributed by atoms with Crippen LogP contribution >= 0.6 is 0 Å². The van der Waals surface area contributed by atoms with Crippen LogP contribution in [0.2, 0.25) is 0 Å². The molecule has 3 saturated carbocycles. The Hall–Kier alpha value is -0.940. The molecular formula is C27H44O4. The van der Waals surface area contributed by atoms with Gasteiger partial charge in [0.05, 0.1) is 23.9 Å². The first-order chi connectivity index (χ1) is 14.4. The molecule has 0 aromatic heterocycles. The van der Waals surface area contributed by atoms with Crippen LogP contribution in [0, 0.1) is 23.2 Å². The van der Waals surface area contributed by atoms with E-state index in [9.17, 15) is 20.4 Å². The van der Waals surface area contributed by atoms with Gasteiger partial charge in [-0.3, -0.25) is 0 Å². The Bertz CT molecular complexity index is 715. The second-order valence-electron chi connectivity index (χ2n) is 11.4. The highest BCUT2D eigenvalue weighted by molar-refractivity contribution is 5.38. The van der Waals surface area contributed by atoms with Crippen molar-refractivity contribution in [2.24, 2.45) is 23.2 Å². The minimum atomic E-state index is -1.04. The maximum absolute atomic E-state index is 10.3. The van der Waals surface area contributed by atoms with E-state index in [0.717, 1.165) is 24.0 Å². The van der Waals surface area contributed by atoms with Gasteiger partial charge in [0.25, 0.3) is 0 Å². The Labute approximate surface area is 188 Å². The van der Waals surface area contributed by atoms with Gasteiger partial charge in [0.15, 0.2) is 0 Å². The summed E-state index contributed by atoms with van der Waals surface area (Å²) in [6.07, 6.45) is 11.1. The lowest BCUT2D eigenvalue weighted by molar-refractivity contribution is -0.0554. The predicted molar refractivity (Wildman–Crippen MR) is 125 cm³/mol. The standard InChI is InChI=1S/C27H44O4/c1-17(8-13-25(30)26(3,4)31)22-11-12-23-19(7-6-14-27(22,23)5)9-10-20-15-21(28)16-24(29)18(20)2/h9-10,17,21-25,28-31H,2,6-8,11-16H2,1,3-5H3/t17-,21-,22-,23?,24+,25-,27-/m1/s1. The summed E-state index contributed by atoms with van der Waals surface area (Å²) in [5, 5.41) is 40.5. The zero-order chi connectivity index (χ0) is 23.0. The van der Waals surface area contributed by atoms with Crippen LogP contribution in [0.25, 0.3) is 0 Å². The molecule has 3 rings (SSSR count). The summed E-state index contributed by atoms with van der Waals surface area (Å²) in [7, 11) is 0. The van der Waals surface area contributed by atoms with E-state index in [4.69, 9.17) is 0 Å². The SMILES string of the molecule is C=C1C(=CC=C2CCC[C@@]3(C)C2CC[C@@H]3[C@H](C)CC[C@@H](O)C(C)(C)O)C[C@@H](O)C[C@@H]1O. The molecule has 0 bridgehead atoms. The fraction of sp³-hybridized carbons (Fsp3) is 0.778. The molecule has 3 aliphatic rings. The molecule has 0 aromatic rings. The first kappa shape index (κ1) is 24.7. The summed E-state index contributed by atoms with van der Waals surface area (Å²) in [4.78, 5) is 0. The molecule has 1 unspecified atom stereocenters. The number of allylic oxidation sites excluding steroid dienone is 3. The molecule has 3 fully saturated rings. The average Bonchev–Trinajstić information content (AvgIpc) is 3.04. The molecule has 3 aliphatic carbocycles. The van der Waals surface area contributed by atoms with E-state index in [2.05, 4.69) is 32.6 Å². The Morgan fingerprint density at radius 3 is 2.58 bits per heavy atom. The lowest BCUT2D eigenvalue weighted by Crippen LogP contribution is -2.38. The molecule has 0 aliphatic heterocycles. The highest BCUT2D eigenvalue weighted by Gasteiger charge is 2.50. The van der Waals surface area contributed by atoms with E-state index in [1.54, 1.807) is 13.8 Å². The van der Waals surface area contributed by atoms with E-state index >= 15 is 0 Å². The van der Waals surface area contributed by atoms with Crippen molar-refractivity contribution in [3.8, 4) is 0 Å². The van der Waals surface area contributed by atoms with Gasteiger partial charge in [0, 0.05) is 6.42 Å². The van der Waals surface area contributed by atoms with Crippen molar-refractivity contribution in [2.45, 2.75) is 109 Å². The zero-order valence-corrected chi connectivity index (χ0v) is 20.0. The lowest BCUT2D eigenvalue weighted by Gasteiger charge is -2.44. The Morgan fingerprint density at radius 2 is 1.90 bits per heavy atom. The third-order valence-corrected chi connectivity index (χ3v) is 8.70. The van der Waals surface area contributed by atoms with Gasteiger partial charge >= 0.3 is 0 Å². The molecule has 0 heterocycles. The summed E-state index contributed by atoms with van der Waals surface area (Å²) in [5.41, 5.74) is 2.48. The van der Waals surface area contributed by atoms with Crippen LogP contribution in [-0.2, 0) is 0 Å². The number of aliphatic hydroxyl groups excluding tert-OH is 3. The molecule has 31 heavy (non-hydrogen) atoms. The first-order valence-electron chi connectivity index (χ1n) is 12.3. The van der Waals surface area contributed by atoms with Crippen molar-refractivity contribution in [1.29, 1.82) is 0 Å². The molecule has 4 nitrogen and oxygen atoms in total. The van der Waals surface area contributed by atoms with Crippen LogP contribution in [0.4, 0.5) is 0 Å². The van der Waals surface area contributed by atoms with Crippen molar-refractivity contribution < 1.29 is 20.4 Å². The van der Waals surface area contributed by atoms with Crippen molar-refractivity contribution >= 4 is 0 Å². The molecule has 4 heteroatoms. The van der Waals surface area contributed by atoms with Gasteiger partial charge in [-0.25, -0.2) is 0 Å². The van der Waals surface area contributed by atoms with Crippen LogP contribution in [0.1, 0.15) is 85.5 Å². The van der Waals surface area contributed by atoms with Crippen molar-refractivity contribution in [3.05, 3.63) is 35.5 Å². The van der Waals surface area contributed by atoms with E-state index in [0.29, 0.717) is 37.0 Å². The third kappa shape index (κ3) is 5.35. The summed E-state index contributed by atoms with van der Waals surface area (Å²) >= 11 is 0. The van der Waals surface area contributed by atoms with Gasteiger partial charge in [-0.05, 0) is 99.5 Å². The molecule has 0 saturated heterocycles. The molecular weight excluding hydrogens is 388 g/mol. The predicted octanol–water partition coefficient (Wildman–Crippen LogP) is 4.68. The molecule has 0 aromatic carbocycles. The average molecular weight is 433 g/mol. The molecule has 0 radical (unpaired) electrons. The minimum absolute atomic E-state index is 0.282. The van der Waals surface area contributed by atoms with Crippen LogP contribution in [-0.4, -0.2) is 44.3 Å². The van der Waals surface area contributed by atoms with Crippen LogP contribution in [0.5, 0.6) is 0 Å². The van der Waals surface area contributed by atoms with Gasteiger partial charge in [-0.2, -0.15) is 0 Å². The Morgan fingerprint density at radius 1 is 1.19 bits per heavy atom. The van der Waals surface area contributed by atoms with Gasteiger partial charge in [-0.15, -0.1) is 0 Å². The number of fused-ring (bicyclic) bond motifs is 1. The van der Waals surface area contributed by atoms with Gasteiger partial charge in [0.2, 0.25) is 0 Å². The number of aliphatic hydroxyl groups is 4. The van der Waals surface area contributed by atoms with E-state index < -0.39 is 23.9 Å². The second-order valence-corrected chi connectivity index (χ2v) is 11.4. The molecule has 0 amide bonds. The smallest absolute Gasteiger partial charge is 0.0849 e. The summed E-state index contributed by atoms with van der Waals surface area (Å²) in [5.74, 6) is 1.74. The fourth-order valence-electron chi connectivity index (χ4n) is 6.65. The maximum Gasteiger partial charge on any atom is 0.0849 e. The monoisotopic (exact) mass is 432 g/mol. The highest BCUT2D eigenvalue weighted by Crippen LogP contribution is 2.60. The number of hydrogen-bond donors (Lipinski definition) is 4. The summed E-state index contributed by atoms with van der Waals surface area (Å²) in [6.45, 7) is 12.2. The third-order valence-electron chi connectivity index (χ3n) is 8.70. The van der Waals surface area contributed by atoms with E-state index in [-0.39, 0.29) is 5.41 Å². The van der Waals surface area contributed by atoms with Crippen LogP contribution in [0.15, 0.2) is 35.5 Å². The van der Waals surface area contributed by atoms with Gasteiger partial charge < -0.3 is 20.4 Å². The minimum Gasteiger partial charge on any atom is -0.393 e. The van der Waals surface area contributed by atoms with E-state index in [1.807, 2.05) is 0 Å². The molecule has 7 atom stereocenters. The second kappa shape index (κ2) is 9.51. The molecule has 4 N–H and O–H groups in total. The molecule has 176 valence electrons. The first-order valence-corrected chi connectivity index (χ1v) is 12.3. The number of hydrogen-bond acceptors (Lipinski definition) is 4. The zero-order valence-electron chi connectivity index (χ0n) is 20.0. The lowest BCUT2D eigenvalue weighted by atomic mass is 9.60. The fourth-order valence-corrected chi connectivity index (χ4v) is 6.65. The van der Waals surface area contributed by atoms with Crippen molar-refractivity contribution in [2.75, 3.05) is 0 Å². The number of rotatable bonds is 6. The van der Waals surface area contributed by atoms with Crippen LogP contribution < -0.4 is 0 Å². The van der Waals surface area contributed by atoms with E-state index in [1.165, 1.54) is 31.3 Å².